The van der Waals surface area contributed by atoms with Gasteiger partial charge >= 0.3 is 0 Å². The zero-order valence-corrected chi connectivity index (χ0v) is 14.6. The highest BCUT2D eigenvalue weighted by molar-refractivity contribution is 5.74. The second kappa shape index (κ2) is 7.70. The molecule has 0 spiro atoms. The highest BCUT2D eigenvalue weighted by atomic mass is 16.5. The molecule has 0 radical (unpaired) electrons. The number of pyridine rings is 2. The van der Waals surface area contributed by atoms with Gasteiger partial charge in [-0.05, 0) is 29.3 Å². The third-order valence-electron chi connectivity index (χ3n) is 4.19. The molecule has 4 aromatic rings. The van der Waals surface area contributed by atoms with Crippen molar-refractivity contribution in [1.29, 1.82) is 0 Å². The molecule has 3 aromatic heterocycles. The van der Waals surface area contributed by atoms with Crippen LogP contribution in [0.15, 0.2) is 77.8 Å². The summed E-state index contributed by atoms with van der Waals surface area (Å²) in [6.45, 7) is 0.471. The first-order valence-electron chi connectivity index (χ1n) is 8.55. The van der Waals surface area contributed by atoms with Crippen LogP contribution in [0.3, 0.4) is 0 Å². The predicted octanol–water partition coefficient (Wildman–Crippen LogP) is 3.88. The lowest BCUT2D eigenvalue weighted by Crippen LogP contribution is -1.98. The molecule has 2 N–H and O–H groups in total. The van der Waals surface area contributed by atoms with Crippen LogP contribution in [-0.4, -0.2) is 15.1 Å². The smallest absolute Gasteiger partial charge is 0.213 e. The Bertz CT molecular complexity index is 1010. The van der Waals surface area contributed by atoms with Gasteiger partial charge in [0.05, 0.1) is 5.69 Å². The molecule has 0 amide bonds. The summed E-state index contributed by atoms with van der Waals surface area (Å²) in [5.41, 5.74) is 10.7. The van der Waals surface area contributed by atoms with Gasteiger partial charge in [0.2, 0.25) is 5.88 Å². The van der Waals surface area contributed by atoms with E-state index in [2.05, 4.69) is 27.3 Å². The molecule has 3 heterocycles. The monoisotopic (exact) mass is 358 g/mol. The fourth-order valence-corrected chi connectivity index (χ4v) is 2.79. The van der Waals surface area contributed by atoms with E-state index < -0.39 is 0 Å². The molecule has 6 heteroatoms. The van der Waals surface area contributed by atoms with Gasteiger partial charge in [0.15, 0.2) is 0 Å². The Morgan fingerprint density at radius 1 is 0.852 bits per heavy atom. The van der Waals surface area contributed by atoms with Crippen LogP contribution in [0.4, 0.5) is 5.82 Å². The maximum absolute atomic E-state index is 5.98. The number of nitrogens with zero attached hydrogens (tertiary/aromatic N) is 3. The fraction of sp³-hybridized carbons (Fsp3) is 0.0952. The number of rotatable bonds is 6. The largest absolute Gasteiger partial charge is 0.473 e. The van der Waals surface area contributed by atoms with Crippen molar-refractivity contribution < 1.29 is 9.26 Å². The van der Waals surface area contributed by atoms with E-state index in [1.165, 1.54) is 0 Å². The van der Waals surface area contributed by atoms with Crippen LogP contribution in [0.25, 0.3) is 11.1 Å². The van der Waals surface area contributed by atoms with Crippen LogP contribution in [-0.2, 0) is 13.0 Å². The van der Waals surface area contributed by atoms with Gasteiger partial charge in [-0.1, -0.05) is 35.5 Å². The molecule has 1 aromatic carbocycles. The standard InChI is InChI=1S/C21H18N4O2/c22-21-17(4-3-11-24-21)18-14-27-25-19(18)12-15-6-8-16(9-7-15)13-26-20-5-1-2-10-23-20/h1-11,14H,12-13H2,(H2,22,24). The first-order chi connectivity index (χ1) is 13.3. The Labute approximate surface area is 156 Å². The number of hydrogen-bond acceptors (Lipinski definition) is 6. The van der Waals surface area contributed by atoms with Crippen LogP contribution in [0.1, 0.15) is 16.8 Å². The lowest BCUT2D eigenvalue weighted by molar-refractivity contribution is 0.294. The van der Waals surface area contributed by atoms with E-state index in [1.54, 1.807) is 18.7 Å². The zero-order chi connectivity index (χ0) is 18.5. The van der Waals surface area contributed by atoms with Crippen LogP contribution >= 0.6 is 0 Å². The normalized spacial score (nSPS) is 10.7. The Hall–Kier alpha value is -3.67. The van der Waals surface area contributed by atoms with E-state index in [0.29, 0.717) is 24.7 Å². The van der Waals surface area contributed by atoms with Crippen molar-refractivity contribution in [2.45, 2.75) is 13.0 Å². The summed E-state index contributed by atoms with van der Waals surface area (Å²) in [5.74, 6) is 1.08. The Kier molecular flexibility index (Phi) is 4.78. The van der Waals surface area contributed by atoms with Gasteiger partial charge in [0.1, 0.15) is 18.7 Å². The van der Waals surface area contributed by atoms with Crippen molar-refractivity contribution in [3.05, 3.63) is 90.1 Å². The summed E-state index contributed by atoms with van der Waals surface area (Å²) < 4.78 is 10.8. The molecule has 6 nitrogen and oxygen atoms in total. The zero-order valence-electron chi connectivity index (χ0n) is 14.6. The van der Waals surface area contributed by atoms with Gasteiger partial charge < -0.3 is 15.0 Å². The maximum atomic E-state index is 5.98. The molecule has 134 valence electrons. The average Bonchev–Trinajstić information content (AvgIpc) is 3.16. The summed E-state index contributed by atoms with van der Waals surface area (Å²) in [5, 5.41) is 4.14. The third kappa shape index (κ3) is 3.95. The quantitative estimate of drug-likeness (QED) is 0.563. The Morgan fingerprint density at radius 3 is 2.44 bits per heavy atom. The molecule has 0 saturated carbocycles. The summed E-state index contributed by atoms with van der Waals surface area (Å²) in [6, 6.07) is 17.5. The number of benzene rings is 1. The molecule has 0 fully saturated rings. The van der Waals surface area contributed by atoms with E-state index in [4.69, 9.17) is 15.0 Å². The van der Waals surface area contributed by atoms with E-state index in [0.717, 1.165) is 27.9 Å². The van der Waals surface area contributed by atoms with Gasteiger partial charge in [0, 0.05) is 36.0 Å². The van der Waals surface area contributed by atoms with Crippen molar-refractivity contribution >= 4 is 5.82 Å². The first-order valence-corrected chi connectivity index (χ1v) is 8.55. The number of hydrogen-bond donors (Lipinski definition) is 1. The van der Waals surface area contributed by atoms with Crippen LogP contribution < -0.4 is 10.5 Å². The lowest BCUT2D eigenvalue weighted by atomic mass is 10.0. The third-order valence-corrected chi connectivity index (χ3v) is 4.19. The first kappa shape index (κ1) is 16.8. The van der Waals surface area contributed by atoms with Crippen molar-refractivity contribution in [2.24, 2.45) is 0 Å². The molecule has 0 aliphatic rings. The number of anilines is 1. The summed E-state index contributed by atoms with van der Waals surface area (Å²) >= 11 is 0. The topological polar surface area (TPSA) is 87.1 Å². The minimum Gasteiger partial charge on any atom is -0.473 e. The number of nitrogens with two attached hydrogens (primary N) is 1. The van der Waals surface area contributed by atoms with Gasteiger partial charge in [0.25, 0.3) is 0 Å². The second-order valence-electron chi connectivity index (χ2n) is 6.06. The van der Waals surface area contributed by atoms with E-state index in [1.807, 2.05) is 42.5 Å². The van der Waals surface area contributed by atoms with Gasteiger partial charge in [-0.2, -0.15) is 0 Å². The van der Waals surface area contributed by atoms with Crippen molar-refractivity contribution in [3.8, 4) is 17.0 Å². The van der Waals surface area contributed by atoms with Gasteiger partial charge in [-0.3, -0.25) is 0 Å². The Balaban J connectivity index is 1.45. The van der Waals surface area contributed by atoms with Crippen molar-refractivity contribution in [3.63, 3.8) is 0 Å². The Morgan fingerprint density at radius 2 is 1.67 bits per heavy atom. The summed E-state index contributed by atoms with van der Waals surface area (Å²) in [6.07, 6.45) is 5.63. The van der Waals surface area contributed by atoms with Crippen molar-refractivity contribution in [1.82, 2.24) is 15.1 Å². The molecule has 4 rings (SSSR count). The molecule has 27 heavy (non-hydrogen) atoms. The highest BCUT2D eigenvalue weighted by Crippen LogP contribution is 2.28. The molecule has 0 atom stereocenters. The molecule has 0 unspecified atom stereocenters. The number of ether oxygens (including phenoxy) is 1. The maximum Gasteiger partial charge on any atom is 0.213 e. The summed E-state index contributed by atoms with van der Waals surface area (Å²) in [4.78, 5) is 8.28. The number of aromatic nitrogens is 3. The molecule has 0 saturated heterocycles. The average molecular weight is 358 g/mol. The lowest BCUT2D eigenvalue weighted by Gasteiger charge is -2.07. The van der Waals surface area contributed by atoms with E-state index in [-0.39, 0.29) is 0 Å². The molecular weight excluding hydrogens is 340 g/mol. The van der Waals surface area contributed by atoms with Crippen LogP contribution in [0.5, 0.6) is 5.88 Å². The summed E-state index contributed by atoms with van der Waals surface area (Å²) in [7, 11) is 0. The van der Waals surface area contributed by atoms with Crippen LogP contribution in [0, 0.1) is 0 Å². The number of nitrogen functional groups attached to an aromatic ring is 1. The SMILES string of the molecule is Nc1ncccc1-c1conc1Cc1ccc(COc2ccccn2)cc1. The van der Waals surface area contributed by atoms with Crippen LogP contribution in [0.2, 0.25) is 0 Å². The second-order valence-corrected chi connectivity index (χ2v) is 6.06. The highest BCUT2D eigenvalue weighted by Gasteiger charge is 2.13. The molecular formula is C21H18N4O2. The molecule has 0 bridgehead atoms. The minimum absolute atomic E-state index is 0.462. The van der Waals surface area contributed by atoms with E-state index >= 15 is 0 Å². The van der Waals surface area contributed by atoms with Crippen molar-refractivity contribution in [2.75, 3.05) is 5.73 Å². The van der Waals surface area contributed by atoms with E-state index in [9.17, 15) is 0 Å². The molecule has 0 aliphatic heterocycles. The van der Waals surface area contributed by atoms with Gasteiger partial charge in [-0.25, -0.2) is 9.97 Å². The predicted molar refractivity (Wildman–Crippen MR) is 102 cm³/mol. The van der Waals surface area contributed by atoms with Gasteiger partial charge in [-0.15, -0.1) is 0 Å². The fourth-order valence-electron chi connectivity index (χ4n) is 2.79. The molecule has 0 aliphatic carbocycles. The minimum atomic E-state index is 0.462.